The lowest BCUT2D eigenvalue weighted by Crippen LogP contribution is -2.05. The summed E-state index contributed by atoms with van der Waals surface area (Å²) in [4.78, 5) is 0. The van der Waals surface area contributed by atoms with Gasteiger partial charge in [0.15, 0.2) is 0 Å². The van der Waals surface area contributed by atoms with Gasteiger partial charge in [0, 0.05) is 0 Å². The highest BCUT2D eigenvalue weighted by Crippen LogP contribution is 2.27. The fourth-order valence-corrected chi connectivity index (χ4v) is 3.52. The molecule has 4 aromatic carbocycles. The maximum Gasteiger partial charge on any atom is 0.230 e. The van der Waals surface area contributed by atoms with Crippen LogP contribution in [0.1, 0.15) is 37.3 Å². The van der Waals surface area contributed by atoms with Gasteiger partial charge in [-0.15, -0.1) is 0 Å². The van der Waals surface area contributed by atoms with Gasteiger partial charge >= 0.3 is 0 Å². The second kappa shape index (κ2) is 9.36. The van der Waals surface area contributed by atoms with E-state index in [9.17, 15) is 0 Å². The lowest BCUT2D eigenvalue weighted by Gasteiger charge is -2.12. The molecule has 0 heterocycles. The molecule has 0 aromatic heterocycles. The van der Waals surface area contributed by atoms with Crippen LogP contribution in [0.25, 0.3) is 21.9 Å². The van der Waals surface area contributed by atoms with E-state index in [-0.39, 0.29) is 6.79 Å². The predicted octanol–water partition coefficient (Wildman–Crippen LogP) is 7.31. The van der Waals surface area contributed by atoms with Gasteiger partial charge in [0.2, 0.25) is 6.79 Å². The minimum atomic E-state index is 0.146. The molecule has 3 nitrogen and oxygen atoms in total. The van der Waals surface area contributed by atoms with E-state index < -0.39 is 0 Å². The van der Waals surface area contributed by atoms with Crippen molar-refractivity contribution in [3.63, 3.8) is 0 Å². The van der Waals surface area contributed by atoms with Crippen molar-refractivity contribution >= 4 is 10.8 Å². The molecular formula is C28H25NO2. The third-order valence-electron chi connectivity index (χ3n) is 5.67. The highest BCUT2D eigenvalue weighted by Gasteiger charge is 2.05. The molecule has 0 fully saturated rings. The number of rotatable bonds is 7. The number of benzene rings is 4. The lowest BCUT2D eigenvalue weighted by atomic mass is 9.96. The van der Waals surface area contributed by atoms with Crippen LogP contribution in [-0.4, -0.2) is 6.79 Å². The van der Waals surface area contributed by atoms with Crippen LogP contribution in [0.4, 0.5) is 0 Å². The average molecular weight is 408 g/mol. The van der Waals surface area contributed by atoms with Crippen molar-refractivity contribution in [3.05, 3.63) is 96.1 Å². The summed E-state index contributed by atoms with van der Waals surface area (Å²) in [7, 11) is 0. The highest BCUT2D eigenvalue weighted by molar-refractivity contribution is 5.84. The number of fused-ring (bicyclic) bond motifs is 1. The molecule has 0 aliphatic rings. The summed E-state index contributed by atoms with van der Waals surface area (Å²) in [6.07, 6.45) is 1.14. The summed E-state index contributed by atoms with van der Waals surface area (Å²) in [5, 5.41) is 11.3. The first-order valence-corrected chi connectivity index (χ1v) is 10.6. The molecule has 31 heavy (non-hydrogen) atoms. The minimum Gasteiger partial charge on any atom is -0.458 e. The second-order valence-electron chi connectivity index (χ2n) is 7.70. The lowest BCUT2D eigenvalue weighted by molar-refractivity contribution is 0.120. The Morgan fingerprint density at radius 2 is 1.32 bits per heavy atom. The summed E-state index contributed by atoms with van der Waals surface area (Å²) < 4.78 is 11.6. The molecule has 1 unspecified atom stereocenters. The number of ether oxygens (including phenoxy) is 2. The van der Waals surface area contributed by atoms with Crippen LogP contribution >= 0.6 is 0 Å². The van der Waals surface area contributed by atoms with Crippen LogP contribution in [0.5, 0.6) is 11.5 Å². The second-order valence-corrected chi connectivity index (χ2v) is 7.70. The standard InChI is InChI=1S/C28H25NO2/c1-3-20(2)24-8-9-26-17-28(15-12-25(26)16-24)31-19-30-27-13-10-23(11-14-27)22-6-4-21(18-29)5-7-22/h4-17,20H,3,19H2,1-2H3. The predicted molar refractivity (Wildman–Crippen MR) is 125 cm³/mol. The van der Waals surface area contributed by atoms with Crippen LogP contribution in [0.2, 0.25) is 0 Å². The molecule has 0 spiro atoms. The van der Waals surface area contributed by atoms with Crippen LogP contribution in [-0.2, 0) is 0 Å². The largest absolute Gasteiger partial charge is 0.458 e. The van der Waals surface area contributed by atoms with Gasteiger partial charge in [-0.3, -0.25) is 0 Å². The van der Waals surface area contributed by atoms with E-state index in [1.165, 1.54) is 10.9 Å². The third kappa shape index (κ3) is 4.87. The molecule has 1 atom stereocenters. The number of nitrogens with zero attached hydrogens (tertiary/aromatic N) is 1. The highest BCUT2D eigenvalue weighted by atomic mass is 16.7. The number of nitriles is 1. The first-order chi connectivity index (χ1) is 15.2. The molecule has 3 heteroatoms. The summed E-state index contributed by atoms with van der Waals surface area (Å²) in [5.41, 5.74) is 4.17. The summed E-state index contributed by atoms with van der Waals surface area (Å²) in [6, 6.07) is 30.3. The van der Waals surface area contributed by atoms with E-state index in [0.717, 1.165) is 34.4 Å². The van der Waals surface area contributed by atoms with Gasteiger partial charge in [-0.05, 0) is 76.2 Å². The van der Waals surface area contributed by atoms with E-state index in [1.807, 2.05) is 60.7 Å². The van der Waals surface area contributed by atoms with Crippen LogP contribution in [0, 0.1) is 11.3 Å². The van der Waals surface area contributed by atoms with Crippen molar-refractivity contribution in [1.29, 1.82) is 5.26 Å². The third-order valence-corrected chi connectivity index (χ3v) is 5.67. The van der Waals surface area contributed by atoms with E-state index in [1.54, 1.807) is 0 Å². The topological polar surface area (TPSA) is 42.2 Å². The maximum atomic E-state index is 8.91. The van der Waals surface area contributed by atoms with E-state index in [2.05, 4.69) is 44.2 Å². The molecule has 4 aromatic rings. The maximum absolute atomic E-state index is 8.91. The van der Waals surface area contributed by atoms with Crippen LogP contribution < -0.4 is 9.47 Å². The van der Waals surface area contributed by atoms with Crippen LogP contribution in [0.15, 0.2) is 84.9 Å². The zero-order chi connectivity index (χ0) is 21.6. The van der Waals surface area contributed by atoms with Crippen molar-refractivity contribution in [2.45, 2.75) is 26.2 Å². The van der Waals surface area contributed by atoms with Gasteiger partial charge < -0.3 is 9.47 Å². The molecule has 154 valence electrons. The van der Waals surface area contributed by atoms with E-state index in [4.69, 9.17) is 14.7 Å². The normalized spacial score (nSPS) is 11.6. The molecule has 0 radical (unpaired) electrons. The van der Waals surface area contributed by atoms with Gasteiger partial charge in [0.1, 0.15) is 11.5 Å². The molecule has 0 N–H and O–H groups in total. The summed E-state index contributed by atoms with van der Waals surface area (Å²) >= 11 is 0. The van der Waals surface area contributed by atoms with Gasteiger partial charge in [-0.25, -0.2) is 0 Å². The van der Waals surface area contributed by atoms with Crippen molar-refractivity contribution in [3.8, 4) is 28.7 Å². The zero-order valence-electron chi connectivity index (χ0n) is 17.8. The SMILES string of the molecule is CCC(C)c1ccc2cc(OCOc3ccc(-c4ccc(C#N)cc4)cc3)ccc2c1. The number of hydrogen-bond donors (Lipinski definition) is 0. The first kappa shape index (κ1) is 20.5. The van der Waals surface area contributed by atoms with Gasteiger partial charge in [-0.1, -0.05) is 62.4 Å². The van der Waals surface area contributed by atoms with Gasteiger partial charge in [0.05, 0.1) is 11.6 Å². The molecule has 0 aliphatic carbocycles. The van der Waals surface area contributed by atoms with Crippen molar-refractivity contribution in [2.75, 3.05) is 6.79 Å². The Kier molecular flexibility index (Phi) is 6.19. The first-order valence-electron chi connectivity index (χ1n) is 10.6. The Morgan fingerprint density at radius 1 is 0.742 bits per heavy atom. The van der Waals surface area contributed by atoms with Crippen molar-refractivity contribution in [1.82, 2.24) is 0 Å². The minimum absolute atomic E-state index is 0.146. The molecule has 0 saturated carbocycles. The molecular weight excluding hydrogens is 382 g/mol. The Bertz CT molecular complexity index is 1200. The molecule has 4 rings (SSSR count). The Hall–Kier alpha value is -3.77. The molecule has 0 bridgehead atoms. The van der Waals surface area contributed by atoms with Crippen molar-refractivity contribution < 1.29 is 9.47 Å². The molecule has 0 saturated heterocycles. The number of hydrogen-bond acceptors (Lipinski definition) is 3. The molecule has 0 amide bonds. The summed E-state index contributed by atoms with van der Waals surface area (Å²) in [5.74, 6) is 2.10. The van der Waals surface area contributed by atoms with Crippen molar-refractivity contribution in [2.24, 2.45) is 0 Å². The van der Waals surface area contributed by atoms with Gasteiger partial charge in [-0.2, -0.15) is 5.26 Å². The Morgan fingerprint density at radius 3 is 2.00 bits per heavy atom. The fourth-order valence-electron chi connectivity index (χ4n) is 3.52. The fraction of sp³-hybridized carbons (Fsp3) is 0.179. The summed E-state index contributed by atoms with van der Waals surface area (Å²) in [6.45, 7) is 4.62. The molecule has 0 aliphatic heterocycles. The van der Waals surface area contributed by atoms with E-state index in [0.29, 0.717) is 11.5 Å². The quantitative estimate of drug-likeness (QED) is 0.302. The average Bonchev–Trinajstić information content (AvgIpc) is 2.83. The Balaban J connectivity index is 1.36. The Labute approximate surface area is 183 Å². The zero-order valence-corrected chi connectivity index (χ0v) is 17.8. The van der Waals surface area contributed by atoms with E-state index >= 15 is 0 Å². The van der Waals surface area contributed by atoms with Gasteiger partial charge in [0.25, 0.3) is 0 Å². The smallest absolute Gasteiger partial charge is 0.230 e. The monoisotopic (exact) mass is 407 g/mol. The van der Waals surface area contributed by atoms with Crippen LogP contribution in [0.3, 0.4) is 0 Å².